The smallest absolute Gasteiger partial charge is 0.0810 e. The number of halogens is 2. The third-order valence-corrected chi connectivity index (χ3v) is 5.52. The van der Waals surface area contributed by atoms with Gasteiger partial charge < -0.3 is 4.98 Å². The fraction of sp³-hybridized carbons (Fsp3) is 0.250. The molecule has 0 bridgehead atoms. The third-order valence-electron chi connectivity index (χ3n) is 4.09. The molecule has 2 nitrogen and oxygen atoms in total. The maximum atomic E-state index is 6.15. The van der Waals surface area contributed by atoms with Crippen molar-refractivity contribution in [3.8, 4) is 0 Å². The summed E-state index contributed by atoms with van der Waals surface area (Å²) in [4.78, 5) is 8.71. The van der Waals surface area contributed by atoms with Gasteiger partial charge in [0.1, 0.15) is 0 Å². The summed E-state index contributed by atoms with van der Waals surface area (Å²) in [5.41, 5.74) is 5.18. The predicted molar refractivity (Wildman–Crippen MR) is 107 cm³/mol. The van der Waals surface area contributed by atoms with E-state index in [1.54, 1.807) is 17.8 Å². The van der Waals surface area contributed by atoms with Gasteiger partial charge in [0.25, 0.3) is 0 Å². The SMILES string of the molecule is Cc1[nH]c(Sc2cc(Cl)cc(Cl)c2)c(C(C)C)c1Cc1ccncc1. The van der Waals surface area contributed by atoms with Gasteiger partial charge in [-0.1, -0.05) is 48.8 Å². The first-order valence-electron chi connectivity index (χ1n) is 8.18. The van der Waals surface area contributed by atoms with Crippen molar-refractivity contribution >= 4 is 35.0 Å². The molecule has 2 heterocycles. The quantitative estimate of drug-likeness (QED) is 0.513. The second kappa shape index (κ2) is 7.86. The molecule has 0 radical (unpaired) electrons. The van der Waals surface area contributed by atoms with Crippen LogP contribution in [-0.4, -0.2) is 9.97 Å². The van der Waals surface area contributed by atoms with Crippen molar-refractivity contribution in [2.75, 3.05) is 0 Å². The van der Waals surface area contributed by atoms with Gasteiger partial charge in [0, 0.05) is 33.0 Å². The first-order valence-corrected chi connectivity index (χ1v) is 9.75. The van der Waals surface area contributed by atoms with Gasteiger partial charge in [-0.3, -0.25) is 4.98 Å². The minimum Gasteiger partial charge on any atom is -0.353 e. The summed E-state index contributed by atoms with van der Waals surface area (Å²) >= 11 is 14.0. The number of nitrogens with zero attached hydrogens (tertiary/aromatic N) is 1. The molecule has 1 N–H and O–H groups in total. The lowest BCUT2D eigenvalue weighted by Crippen LogP contribution is -1.97. The van der Waals surface area contributed by atoms with Crippen LogP contribution in [0, 0.1) is 6.92 Å². The Labute approximate surface area is 163 Å². The van der Waals surface area contributed by atoms with E-state index in [1.807, 2.05) is 24.5 Å². The van der Waals surface area contributed by atoms with Crippen molar-refractivity contribution in [3.63, 3.8) is 0 Å². The Morgan fingerprint density at radius 3 is 2.32 bits per heavy atom. The molecule has 0 atom stereocenters. The number of hydrogen-bond acceptors (Lipinski definition) is 2. The summed E-state index contributed by atoms with van der Waals surface area (Å²) in [5, 5.41) is 2.47. The van der Waals surface area contributed by atoms with Crippen LogP contribution >= 0.6 is 35.0 Å². The summed E-state index contributed by atoms with van der Waals surface area (Å²) in [7, 11) is 0. The summed E-state index contributed by atoms with van der Waals surface area (Å²) in [6.45, 7) is 6.60. The summed E-state index contributed by atoms with van der Waals surface area (Å²) in [6, 6.07) is 9.79. The number of benzene rings is 1. The summed E-state index contributed by atoms with van der Waals surface area (Å²) in [6.07, 6.45) is 4.58. The van der Waals surface area contributed by atoms with Crippen LogP contribution in [0.15, 0.2) is 52.6 Å². The van der Waals surface area contributed by atoms with Gasteiger partial charge in [-0.2, -0.15) is 0 Å². The van der Waals surface area contributed by atoms with Crippen molar-refractivity contribution < 1.29 is 0 Å². The molecule has 0 aliphatic heterocycles. The van der Waals surface area contributed by atoms with Gasteiger partial charge in [-0.05, 0) is 66.3 Å². The van der Waals surface area contributed by atoms with E-state index >= 15 is 0 Å². The Balaban J connectivity index is 1.98. The Hall–Kier alpha value is -1.42. The molecule has 1 aromatic carbocycles. The zero-order valence-corrected chi connectivity index (χ0v) is 16.8. The van der Waals surface area contributed by atoms with E-state index in [2.05, 4.69) is 42.9 Å². The number of aromatic amines is 1. The van der Waals surface area contributed by atoms with E-state index in [4.69, 9.17) is 23.2 Å². The molecule has 130 valence electrons. The van der Waals surface area contributed by atoms with Gasteiger partial charge in [0.05, 0.1) is 5.03 Å². The Kier molecular flexibility index (Phi) is 5.78. The zero-order chi connectivity index (χ0) is 18.0. The lowest BCUT2D eigenvalue weighted by molar-refractivity contribution is 0.825. The highest BCUT2D eigenvalue weighted by Gasteiger charge is 2.19. The average molecular weight is 391 g/mol. The molecule has 0 fully saturated rings. The maximum Gasteiger partial charge on any atom is 0.0810 e. The first-order chi connectivity index (χ1) is 11.9. The van der Waals surface area contributed by atoms with E-state index in [-0.39, 0.29) is 0 Å². The largest absolute Gasteiger partial charge is 0.353 e. The highest BCUT2D eigenvalue weighted by molar-refractivity contribution is 7.99. The molecule has 2 aromatic heterocycles. The van der Waals surface area contributed by atoms with Gasteiger partial charge in [0.15, 0.2) is 0 Å². The number of hydrogen-bond donors (Lipinski definition) is 1. The Morgan fingerprint density at radius 1 is 1.08 bits per heavy atom. The predicted octanol–water partition coefficient (Wildman–Crippen LogP) is 6.89. The first kappa shape index (κ1) is 18.4. The minimum absolute atomic E-state index is 0.416. The third kappa shape index (κ3) is 4.41. The number of H-pyrrole nitrogens is 1. The molecule has 0 amide bonds. The van der Waals surface area contributed by atoms with Crippen molar-refractivity contribution in [2.24, 2.45) is 0 Å². The van der Waals surface area contributed by atoms with Crippen LogP contribution in [0.1, 0.15) is 42.1 Å². The molecular formula is C20H20Cl2N2S. The molecule has 0 saturated heterocycles. The molecular weight excluding hydrogens is 371 g/mol. The van der Waals surface area contributed by atoms with Crippen LogP contribution in [0.3, 0.4) is 0 Å². The van der Waals surface area contributed by atoms with Crippen LogP contribution in [0.2, 0.25) is 10.0 Å². The number of rotatable bonds is 5. The van der Waals surface area contributed by atoms with Gasteiger partial charge in [0.2, 0.25) is 0 Å². The lowest BCUT2D eigenvalue weighted by atomic mass is 9.96. The van der Waals surface area contributed by atoms with Crippen LogP contribution in [0.25, 0.3) is 0 Å². The number of pyridine rings is 1. The van der Waals surface area contributed by atoms with E-state index in [0.717, 1.165) is 16.3 Å². The van der Waals surface area contributed by atoms with E-state index in [9.17, 15) is 0 Å². The van der Waals surface area contributed by atoms with Crippen molar-refractivity contribution in [1.29, 1.82) is 0 Å². The Morgan fingerprint density at radius 2 is 1.72 bits per heavy atom. The number of aromatic nitrogens is 2. The molecule has 0 saturated carbocycles. The molecule has 3 aromatic rings. The second-order valence-electron chi connectivity index (χ2n) is 6.37. The molecule has 0 unspecified atom stereocenters. The van der Waals surface area contributed by atoms with Crippen molar-refractivity contribution in [2.45, 2.75) is 43.0 Å². The monoisotopic (exact) mass is 390 g/mol. The van der Waals surface area contributed by atoms with Crippen LogP contribution in [-0.2, 0) is 6.42 Å². The van der Waals surface area contributed by atoms with E-state index < -0.39 is 0 Å². The molecule has 0 aliphatic rings. The maximum absolute atomic E-state index is 6.15. The normalized spacial score (nSPS) is 11.3. The standard InChI is InChI=1S/C20H20Cl2N2S/c1-12(2)19-18(8-14-4-6-23-7-5-14)13(3)24-20(19)25-17-10-15(21)9-16(22)11-17/h4-7,9-12,24H,8H2,1-3H3. The van der Waals surface area contributed by atoms with E-state index in [0.29, 0.717) is 16.0 Å². The Bertz CT molecular complexity index is 853. The summed E-state index contributed by atoms with van der Waals surface area (Å²) in [5.74, 6) is 0.416. The van der Waals surface area contributed by atoms with Gasteiger partial charge >= 0.3 is 0 Å². The minimum atomic E-state index is 0.416. The van der Waals surface area contributed by atoms with Gasteiger partial charge in [-0.15, -0.1) is 0 Å². The van der Waals surface area contributed by atoms with Crippen LogP contribution < -0.4 is 0 Å². The highest BCUT2D eigenvalue weighted by Crippen LogP contribution is 2.39. The molecule has 3 rings (SSSR count). The van der Waals surface area contributed by atoms with Crippen molar-refractivity contribution in [1.82, 2.24) is 9.97 Å². The zero-order valence-electron chi connectivity index (χ0n) is 14.4. The van der Waals surface area contributed by atoms with Crippen LogP contribution in [0.4, 0.5) is 0 Å². The topological polar surface area (TPSA) is 28.7 Å². The lowest BCUT2D eigenvalue weighted by Gasteiger charge is -2.12. The molecule has 0 aliphatic carbocycles. The second-order valence-corrected chi connectivity index (χ2v) is 8.32. The van der Waals surface area contributed by atoms with E-state index in [1.165, 1.54) is 22.4 Å². The molecule has 25 heavy (non-hydrogen) atoms. The van der Waals surface area contributed by atoms with Gasteiger partial charge in [-0.25, -0.2) is 0 Å². The number of nitrogens with one attached hydrogen (secondary N) is 1. The fourth-order valence-corrected chi connectivity index (χ4v) is 4.92. The molecule has 0 spiro atoms. The summed E-state index contributed by atoms with van der Waals surface area (Å²) < 4.78 is 0. The molecule has 5 heteroatoms. The van der Waals surface area contributed by atoms with Crippen molar-refractivity contribution in [3.05, 3.63) is 75.2 Å². The van der Waals surface area contributed by atoms with Crippen LogP contribution in [0.5, 0.6) is 0 Å². The highest BCUT2D eigenvalue weighted by atomic mass is 35.5. The number of aryl methyl sites for hydroxylation is 1. The average Bonchev–Trinajstić information content (AvgIpc) is 2.83. The fourth-order valence-electron chi connectivity index (χ4n) is 2.98.